The van der Waals surface area contributed by atoms with Gasteiger partial charge in [-0.2, -0.15) is 0 Å². The van der Waals surface area contributed by atoms with Crippen LogP contribution in [0.1, 0.15) is 0 Å². The van der Waals surface area contributed by atoms with Gasteiger partial charge >= 0.3 is 0 Å². The molecule has 10 aromatic rings. The number of benzene rings is 7. The zero-order valence-corrected chi connectivity index (χ0v) is 29.8. The third kappa shape index (κ3) is 6.04. The number of hydrogen-bond acceptors (Lipinski definition) is 4. The van der Waals surface area contributed by atoms with E-state index >= 15 is 0 Å². The third-order valence-corrected chi connectivity index (χ3v) is 10.2. The van der Waals surface area contributed by atoms with Crippen molar-refractivity contribution in [2.24, 2.45) is 0 Å². The van der Waals surface area contributed by atoms with Crippen molar-refractivity contribution in [3.05, 3.63) is 200 Å². The highest BCUT2D eigenvalue weighted by Gasteiger charge is 2.21. The van der Waals surface area contributed by atoms with E-state index in [0.29, 0.717) is 17.5 Å². The Morgan fingerprint density at radius 2 is 0.764 bits per heavy atom. The van der Waals surface area contributed by atoms with Gasteiger partial charge in [-0.25, -0.2) is 19.9 Å². The van der Waals surface area contributed by atoms with Crippen molar-refractivity contribution in [1.29, 1.82) is 0 Å². The zero-order chi connectivity index (χ0) is 36.6. The molecule has 0 amide bonds. The van der Waals surface area contributed by atoms with Crippen molar-refractivity contribution in [2.75, 3.05) is 0 Å². The summed E-state index contributed by atoms with van der Waals surface area (Å²) in [5.41, 5.74) is 12.4. The molecule has 0 saturated carbocycles. The van der Waals surface area contributed by atoms with E-state index in [1.54, 1.807) is 0 Å². The first-order valence-corrected chi connectivity index (χ1v) is 18.4. The summed E-state index contributed by atoms with van der Waals surface area (Å²) in [5, 5.41) is 2.22. The highest BCUT2D eigenvalue weighted by molar-refractivity contribution is 6.08. The molecule has 0 spiro atoms. The lowest BCUT2D eigenvalue weighted by molar-refractivity contribution is 1.06. The lowest BCUT2D eigenvalue weighted by Crippen LogP contribution is -2.04. The molecule has 0 radical (unpaired) electrons. The molecule has 5 nitrogen and oxygen atoms in total. The van der Waals surface area contributed by atoms with Crippen LogP contribution in [0, 0.1) is 0 Å². The molecule has 0 aliphatic rings. The van der Waals surface area contributed by atoms with Crippen LogP contribution in [0.5, 0.6) is 0 Å². The second kappa shape index (κ2) is 13.8. The lowest BCUT2D eigenvalue weighted by Gasteiger charge is -2.16. The van der Waals surface area contributed by atoms with E-state index in [0.717, 1.165) is 77.7 Å². The summed E-state index contributed by atoms with van der Waals surface area (Å²) in [6.45, 7) is 0. The third-order valence-electron chi connectivity index (χ3n) is 10.2. The first kappa shape index (κ1) is 32.2. The predicted molar refractivity (Wildman–Crippen MR) is 225 cm³/mol. The van der Waals surface area contributed by atoms with Gasteiger partial charge < -0.3 is 0 Å². The summed E-state index contributed by atoms with van der Waals surface area (Å²) in [5.74, 6) is 1.78. The van der Waals surface area contributed by atoms with Crippen LogP contribution in [0.3, 0.4) is 0 Å². The highest BCUT2D eigenvalue weighted by Crippen LogP contribution is 2.38. The van der Waals surface area contributed by atoms with E-state index in [9.17, 15) is 0 Å². The van der Waals surface area contributed by atoms with Gasteiger partial charge in [0.05, 0.1) is 11.2 Å². The summed E-state index contributed by atoms with van der Waals surface area (Å²) in [7, 11) is 0. The molecule has 0 atom stereocenters. The maximum atomic E-state index is 5.24. The summed E-state index contributed by atoms with van der Waals surface area (Å²) < 4.78 is 2.25. The maximum absolute atomic E-state index is 5.24. The summed E-state index contributed by atoms with van der Waals surface area (Å²) >= 11 is 0. The van der Waals surface area contributed by atoms with Gasteiger partial charge in [-0.1, -0.05) is 164 Å². The molecule has 0 aliphatic carbocycles. The molecular formula is C50H33N5. The Labute approximate surface area is 318 Å². The van der Waals surface area contributed by atoms with Crippen LogP contribution in [0.2, 0.25) is 0 Å². The van der Waals surface area contributed by atoms with Gasteiger partial charge in [0.25, 0.3) is 0 Å². The molecule has 3 aromatic heterocycles. The largest absolute Gasteiger partial charge is 0.293 e. The first-order valence-electron chi connectivity index (χ1n) is 18.4. The Balaban J connectivity index is 1.20. The fourth-order valence-corrected chi connectivity index (χ4v) is 7.39. The summed E-state index contributed by atoms with van der Waals surface area (Å²) in [4.78, 5) is 20.5. The van der Waals surface area contributed by atoms with Crippen molar-refractivity contribution < 1.29 is 0 Å². The molecule has 55 heavy (non-hydrogen) atoms. The molecular weight excluding hydrogens is 671 g/mol. The van der Waals surface area contributed by atoms with Crippen molar-refractivity contribution >= 4 is 21.9 Å². The lowest BCUT2D eigenvalue weighted by atomic mass is 10.0. The van der Waals surface area contributed by atoms with Crippen LogP contribution < -0.4 is 0 Å². The molecule has 0 N–H and O–H groups in total. The molecule has 258 valence electrons. The van der Waals surface area contributed by atoms with Crippen LogP contribution in [-0.4, -0.2) is 24.5 Å². The van der Waals surface area contributed by atoms with E-state index in [2.05, 4.69) is 174 Å². The van der Waals surface area contributed by atoms with E-state index in [-0.39, 0.29) is 0 Å². The van der Waals surface area contributed by atoms with Gasteiger partial charge in [0, 0.05) is 33.7 Å². The van der Waals surface area contributed by atoms with E-state index in [1.807, 2.05) is 30.5 Å². The average molecular weight is 704 g/mol. The maximum Gasteiger partial charge on any atom is 0.166 e. The summed E-state index contributed by atoms with van der Waals surface area (Å²) in [6, 6.07) is 67.3. The number of para-hydroxylation sites is 1. The number of nitrogens with zero attached hydrogens (tertiary/aromatic N) is 5. The van der Waals surface area contributed by atoms with E-state index in [1.165, 1.54) is 0 Å². The monoisotopic (exact) mass is 703 g/mol. The fraction of sp³-hybridized carbons (Fsp3) is 0. The van der Waals surface area contributed by atoms with Crippen molar-refractivity contribution in [2.45, 2.75) is 0 Å². The predicted octanol–water partition coefficient (Wildman–Crippen LogP) is 12.4. The smallest absolute Gasteiger partial charge is 0.166 e. The number of pyridine rings is 1. The van der Waals surface area contributed by atoms with Crippen LogP contribution in [0.25, 0.3) is 95.2 Å². The molecule has 0 fully saturated rings. The van der Waals surface area contributed by atoms with Gasteiger partial charge in [0.2, 0.25) is 0 Å². The van der Waals surface area contributed by atoms with Crippen LogP contribution in [0.15, 0.2) is 200 Å². The Bertz CT molecular complexity index is 2780. The minimum absolute atomic E-state index is 0.579. The molecule has 5 heteroatoms. The van der Waals surface area contributed by atoms with Gasteiger partial charge in [0.1, 0.15) is 5.65 Å². The number of hydrogen-bond donors (Lipinski definition) is 0. The Hall–Kier alpha value is -7.50. The molecule has 7 aromatic carbocycles. The van der Waals surface area contributed by atoms with Crippen LogP contribution in [-0.2, 0) is 0 Å². The molecule has 0 bridgehead atoms. The first-order chi connectivity index (χ1) is 27.3. The fourth-order valence-electron chi connectivity index (χ4n) is 7.39. The second-order valence-electron chi connectivity index (χ2n) is 13.5. The normalized spacial score (nSPS) is 11.3. The van der Waals surface area contributed by atoms with E-state index < -0.39 is 0 Å². The van der Waals surface area contributed by atoms with Crippen molar-refractivity contribution in [1.82, 2.24) is 24.5 Å². The topological polar surface area (TPSA) is 56.5 Å². The number of rotatable bonds is 7. The van der Waals surface area contributed by atoms with Gasteiger partial charge in [-0.15, -0.1) is 0 Å². The van der Waals surface area contributed by atoms with Crippen LogP contribution in [0.4, 0.5) is 0 Å². The second-order valence-corrected chi connectivity index (χ2v) is 13.5. The molecule has 0 aliphatic heterocycles. The molecule has 0 saturated heterocycles. The average Bonchev–Trinajstić information content (AvgIpc) is 3.61. The molecule has 3 heterocycles. The summed E-state index contributed by atoms with van der Waals surface area (Å²) in [6.07, 6.45) is 1.86. The number of aromatic nitrogens is 5. The van der Waals surface area contributed by atoms with Gasteiger partial charge in [0.15, 0.2) is 17.5 Å². The minimum Gasteiger partial charge on any atom is -0.293 e. The zero-order valence-electron chi connectivity index (χ0n) is 29.8. The SMILES string of the molecule is c1ccc(-c2ccc(-c3nc(-c4ccc(-c5ccccc5)cc4)nc(-c4ccc(-c5ccccc5)cc4-n4c5ccccc5c5cccnc54)n3)cc2)cc1. The minimum atomic E-state index is 0.579. The quantitative estimate of drug-likeness (QED) is 0.166. The Kier molecular flexibility index (Phi) is 8.08. The highest BCUT2D eigenvalue weighted by atomic mass is 15.1. The molecule has 0 unspecified atom stereocenters. The standard InChI is InChI=1S/C50H33N5/c1-4-13-34(14-5-1)37-22-26-39(27-23-37)47-52-48(40-28-24-38(25-29-40)35-15-6-2-7-16-35)54-49(53-47)44-31-30-41(36-17-8-3-9-18-36)33-46(44)55-45-21-11-10-19-42(45)43-20-12-32-51-50(43)55/h1-33H. The van der Waals surface area contributed by atoms with Gasteiger partial charge in [-0.05, 0) is 63.7 Å². The number of fused-ring (bicyclic) bond motifs is 3. The van der Waals surface area contributed by atoms with Crippen LogP contribution >= 0.6 is 0 Å². The van der Waals surface area contributed by atoms with Crippen molar-refractivity contribution in [3.8, 4) is 73.2 Å². The Morgan fingerprint density at radius 1 is 0.327 bits per heavy atom. The van der Waals surface area contributed by atoms with Crippen molar-refractivity contribution in [3.63, 3.8) is 0 Å². The Morgan fingerprint density at radius 3 is 1.35 bits per heavy atom. The van der Waals surface area contributed by atoms with Gasteiger partial charge in [-0.3, -0.25) is 4.57 Å². The molecule has 10 rings (SSSR count). The van der Waals surface area contributed by atoms with E-state index in [4.69, 9.17) is 19.9 Å².